The van der Waals surface area contributed by atoms with Gasteiger partial charge in [0.25, 0.3) is 0 Å². The average molecular weight is 404 g/mol. The number of hydrogen-bond donors (Lipinski definition) is 0. The highest BCUT2D eigenvalue weighted by Gasteiger charge is 2.26. The van der Waals surface area contributed by atoms with Gasteiger partial charge in [0, 0.05) is 13.1 Å². The van der Waals surface area contributed by atoms with E-state index in [1.165, 1.54) is 4.31 Å². The van der Waals surface area contributed by atoms with Crippen LogP contribution in [0.1, 0.15) is 41.3 Å². The summed E-state index contributed by atoms with van der Waals surface area (Å²) >= 11 is 0. The number of carbonyl (C=O) groups is 1. The lowest BCUT2D eigenvalue weighted by atomic mass is 10.0. The standard InChI is InChI=1S/C21H25NO5S/c1-16(2)18-6-8-19(9-7-18)21(23)27-15-17-4-3-5-20(14-17)28(24,25)22-10-12-26-13-11-22/h3-9,14,16H,10-13,15H2,1-2H3. The summed E-state index contributed by atoms with van der Waals surface area (Å²) in [5, 5.41) is 0. The first-order valence-electron chi connectivity index (χ1n) is 9.32. The first kappa shape index (κ1) is 20.5. The third-order valence-electron chi connectivity index (χ3n) is 4.69. The van der Waals surface area contributed by atoms with Crippen molar-refractivity contribution in [3.05, 3.63) is 65.2 Å². The van der Waals surface area contributed by atoms with Crippen LogP contribution in [0.3, 0.4) is 0 Å². The number of benzene rings is 2. The summed E-state index contributed by atoms with van der Waals surface area (Å²) in [5.41, 5.74) is 2.25. The molecule has 0 radical (unpaired) electrons. The van der Waals surface area contributed by atoms with Crippen LogP contribution in [0.2, 0.25) is 0 Å². The van der Waals surface area contributed by atoms with Crippen molar-refractivity contribution >= 4 is 16.0 Å². The molecule has 0 bridgehead atoms. The lowest BCUT2D eigenvalue weighted by Gasteiger charge is -2.26. The maximum atomic E-state index is 12.7. The van der Waals surface area contributed by atoms with E-state index < -0.39 is 16.0 Å². The molecule has 6 nitrogen and oxygen atoms in total. The van der Waals surface area contributed by atoms with E-state index in [2.05, 4.69) is 13.8 Å². The van der Waals surface area contributed by atoms with Crippen LogP contribution in [0, 0.1) is 0 Å². The fourth-order valence-electron chi connectivity index (χ4n) is 2.97. The molecule has 0 atom stereocenters. The Labute approximate surface area is 166 Å². The molecule has 0 N–H and O–H groups in total. The molecule has 0 saturated carbocycles. The van der Waals surface area contributed by atoms with Gasteiger partial charge in [0.2, 0.25) is 10.0 Å². The van der Waals surface area contributed by atoms with Crippen LogP contribution in [0.15, 0.2) is 53.4 Å². The lowest BCUT2D eigenvalue weighted by molar-refractivity contribution is 0.0472. The Morgan fingerprint density at radius 3 is 2.43 bits per heavy atom. The maximum Gasteiger partial charge on any atom is 0.338 e. The van der Waals surface area contributed by atoms with E-state index in [9.17, 15) is 13.2 Å². The lowest BCUT2D eigenvalue weighted by Crippen LogP contribution is -2.40. The molecule has 1 heterocycles. The summed E-state index contributed by atoms with van der Waals surface area (Å²) in [6, 6.07) is 13.8. The quantitative estimate of drug-likeness (QED) is 0.693. The predicted octanol–water partition coefficient (Wildman–Crippen LogP) is 3.19. The Bertz CT molecular complexity index is 916. The van der Waals surface area contributed by atoms with E-state index >= 15 is 0 Å². The number of nitrogens with zero attached hydrogens (tertiary/aromatic N) is 1. The highest BCUT2D eigenvalue weighted by Crippen LogP contribution is 2.19. The highest BCUT2D eigenvalue weighted by atomic mass is 32.2. The molecule has 3 rings (SSSR count). The van der Waals surface area contributed by atoms with Crippen LogP contribution in [0.25, 0.3) is 0 Å². The number of rotatable bonds is 6. The average Bonchev–Trinajstić information content (AvgIpc) is 2.73. The van der Waals surface area contributed by atoms with Crippen LogP contribution in [0.4, 0.5) is 0 Å². The second-order valence-corrected chi connectivity index (χ2v) is 8.95. The van der Waals surface area contributed by atoms with Gasteiger partial charge in [-0.15, -0.1) is 0 Å². The fourth-order valence-corrected chi connectivity index (χ4v) is 4.45. The van der Waals surface area contributed by atoms with Crippen molar-refractivity contribution in [1.82, 2.24) is 4.31 Å². The van der Waals surface area contributed by atoms with E-state index in [-0.39, 0.29) is 11.5 Å². The SMILES string of the molecule is CC(C)c1ccc(C(=O)OCc2cccc(S(=O)(=O)N3CCOCC3)c2)cc1. The van der Waals surface area contributed by atoms with Crippen molar-refractivity contribution < 1.29 is 22.7 Å². The van der Waals surface area contributed by atoms with E-state index in [0.717, 1.165) is 5.56 Å². The second-order valence-electron chi connectivity index (χ2n) is 7.02. The molecule has 150 valence electrons. The normalized spacial score (nSPS) is 15.5. The molecule has 0 unspecified atom stereocenters. The summed E-state index contributed by atoms with van der Waals surface area (Å²) in [4.78, 5) is 12.5. The topological polar surface area (TPSA) is 72.9 Å². The number of ether oxygens (including phenoxy) is 2. The molecule has 7 heteroatoms. The van der Waals surface area contributed by atoms with Gasteiger partial charge in [-0.2, -0.15) is 4.31 Å². The van der Waals surface area contributed by atoms with Gasteiger partial charge in [0.15, 0.2) is 0 Å². The minimum Gasteiger partial charge on any atom is -0.457 e. The number of carbonyl (C=O) groups excluding carboxylic acids is 1. The first-order chi connectivity index (χ1) is 13.4. The number of hydrogen-bond acceptors (Lipinski definition) is 5. The van der Waals surface area contributed by atoms with Crippen LogP contribution in [0.5, 0.6) is 0 Å². The van der Waals surface area contributed by atoms with Gasteiger partial charge in [0.05, 0.1) is 23.7 Å². The van der Waals surface area contributed by atoms with Gasteiger partial charge < -0.3 is 9.47 Å². The summed E-state index contributed by atoms with van der Waals surface area (Å²) in [7, 11) is -3.58. The van der Waals surface area contributed by atoms with Crippen LogP contribution < -0.4 is 0 Å². The van der Waals surface area contributed by atoms with Crippen LogP contribution in [-0.2, 0) is 26.1 Å². The predicted molar refractivity (Wildman–Crippen MR) is 106 cm³/mol. The Morgan fingerprint density at radius 2 is 1.79 bits per heavy atom. The summed E-state index contributed by atoms with van der Waals surface area (Å²) in [6.07, 6.45) is 0. The van der Waals surface area contributed by atoms with Crippen molar-refractivity contribution in [2.45, 2.75) is 31.3 Å². The molecular formula is C21H25NO5S. The number of morpholine rings is 1. The van der Waals surface area contributed by atoms with Crippen molar-refractivity contribution in [2.24, 2.45) is 0 Å². The van der Waals surface area contributed by atoms with Crippen molar-refractivity contribution in [3.63, 3.8) is 0 Å². The number of sulfonamides is 1. The van der Waals surface area contributed by atoms with Gasteiger partial charge in [0.1, 0.15) is 6.61 Å². The molecule has 0 aliphatic carbocycles. The molecule has 2 aromatic rings. The molecule has 1 aliphatic rings. The van der Waals surface area contributed by atoms with Gasteiger partial charge in [-0.05, 0) is 41.3 Å². The van der Waals surface area contributed by atoms with Crippen molar-refractivity contribution in [2.75, 3.05) is 26.3 Å². The van der Waals surface area contributed by atoms with E-state index in [4.69, 9.17) is 9.47 Å². The van der Waals surface area contributed by atoms with Crippen LogP contribution >= 0.6 is 0 Å². The molecule has 0 amide bonds. The largest absolute Gasteiger partial charge is 0.457 e. The summed E-state index contributed by atoms with van der Waals surface area (Å²) < 4.78 is 37.5. The summed E-state index contributed by atoms with van der Waals surface area (Å²) in [5.74, 6) is -0.0435. The zero-order chi connectivity index (χ0) is 20.1. The van der Waals surface area contributed by atoms with E-state index in [1.807, 2.05) is 12.1 Å². The van der Waals surface area contributed by atoms with E-state index in [0.29, 0.717) is 43.3 Å². The molecule has 1 aliphatic heterocycles. The molecule has 1 fully saturated rings. The molecule has 0 spiro atoms. The molecule has 28 heavy (non-hydrogen) atoms. The third kappa shape index (κ3) is 4.79. The second kappa shape index (κ2) is 8.86. The minimum atomic E-state index is -3.58. The molecule has 1 saturated heterocycles. The molecule has 0 aromatic heterocycles. The van der Waals surface area contributed by atoms with E-state index in [1.54, 1.807) is 36.4 Å². The Kier molecular flexibility index (Phi) is 6.49. The monoisotopic (exact) mass is 403 g/mol. The highest BCUT2D eigenvalue weighted by molar-refractivity contribution is 7.89. The molecule has 2 aromatic carbocycles. The maximum absolute atomic E-state index is 12.7. The zero-order valence-electron chi connectivity index (χ0n) is 16.1. The third-order valence-corrected chi connectivity index (χ3v) is 6.58. The minimum absolute atomic E-state index is 0.0111. The Morgan fingerprint density at radius 1 is 1.11 bits per heavy atom. The fraction of sp³-hybridized carbons (Fsp3) is 0.381. The Hall–Kier alpha value is -2.22. The molecular weight excluding hydrogens is 378 g/mol. The first-order valence-corrected chi connectivity index (χ1v) is 10.8. The number of esters is 1. The van der Waals surface area contributed by atoms with Crippen molar-refractivity contribution in [3.8, 4) is 0 Å². The van der Waals surface area contributed by atoms with Gasteiger partial charge in [-0.3, -0.25) is 0 Å². The van der Waals surface area contributed by atoms with Gasteiger partial charge >= 0.3 is 5.97 Å². The zero-order valence-corrected chi connectivity index (χ0v) is 16.9. The van der Waals surface area contributed by atoms with Gasteiger partial charge in [-0.1, -0.05) is 38.1 Å². The van der Waals surface area contributed by atoms with Gasteiger partial charge in [-0.25, -0.2) is 13.2 Å². The Balaban J connectivity index is 1.66. The smallest absolute Gasteiger partial charge is 0.338 e. The van der Waals surface area contributed by atoms with Crippen molar-refractivity contribution in [1.29, 1.82) is 0 Å². The van der Waals surface area contributed by atoms with Crippen LogP contribution in [-0.4, -0.2) is 45.0 Å². The summed E-state index contributed by atoms with van der Waals surface area (Å²) in [6.45, 7) is 5.66.